The van der Waals surface area contributed by atoms with E-state index in [1.807, 2.05) is 5.32 Å². The Morgan fingerprint density at radius 3 is 2.24 bits per heavy atom. The van der Waals surface area contributed by atoms with E-state index < -0.39 is 23.9 Å². The fourth-order valence-electron chi connectivity index (χ4n) is 1.05. The molecule has 0 spiro atoms. The van der Waals surface area contributed by atoms with Crippen molar-refractivity contribution >= 4 is 17.8 Å². The molecule has 0 fully saturated rings. The van der Waals surface area contributed by atoms with Crippen LogP contribution in [0.25, 0.3) is 0 Å². The number of rotatable bonds is 4. The van der Waals surface area contributed by atoms with E-state index in [1.165, 1.54) is 12.3 Å². The van der Waals surface area contributed by atoms with E-state index in [0.717, 1.165) is 0 Å². The molecule has 0 aliphatic rings. The summed E-state index contributed by atoms with van der Waals surface area (Å²) in [5, 5.41) is 19.0. The highest BCUT2D eigenvalue weighted by molar-refractivity contribution is 6.04. The van der Waals surface area contributed by atoms with Crippen molar-refractivity contribution in [2.45, 2.75) is 13.0 Å². The van der Waals surface area contributed by atoms with Gasteiger partial charge in [0.15, 0.2) is 0 Å². The lowest BCUT2D eigenvalue weighted by molar-refractivity contribution is -0.150. The molecule has 3 N–H and O–H groups in total. The van der Waals surface area contributed by atoms with Gasteiger partial charge >= 0.3 is 11.9 Å². The number of amides is 1. The number of aryl methyl sites for hydroxylation is 1. The zero-order valence-corrected chi connectivity index (χ0v) is 8.88. The number of carboxylic acids is 2. The van der Waals surface area contributed by atoms with Crippen LogP contribution in [-0.4, -0.2) is 39.1 Å². The summed E-state index contributed by atoms with van der Waals surface area (Å²) in [4.78, 5) is 36.4. The van der Waals surface area contributed by atoms with E-state index in [0.29, 0.717) is 5.69 Å². The Labute approximate surface area is 96.1 Å². The summed E-state index contributed by atoms with van der Waals surface area (Å²) in [5.41, 5.74) is 0.790. The van der Waals surface area contributed by atoms with Crippen molar-refractivity contribution in [1.29, 1.82) is 0 Å². The second-order valence-electron chi connectivity index (χ2n) is 3.27. The van der Waals surface area contributed by atoms with Crippen molar-refractivity contribution in [3.05, 3.63) is 29.6 Å². The maximum atomic E-state index is 11.5. The molecule has 0 saturated carbocycles. The first-order valence-corrected chi connectivity index (χ1v) is 4.61. The molecule has 0 radical (unpaired) electrons. The smallest absolute Gasteiger partial charge is 0.338 e. The van der Waals surface area contributed by atoms with E-state index in [1.54, 1.807) is 13.0 Å². The van der Waals surface area contributed by atoms with Crippen LogP contribution in [-0.2, 0) is 9.59 Å². The number of aromatic nitrogens is 1. The largest absolute Gasteiger partial charge is 0.479 e. The van der Waals surface area contributed by atoms with E-state index >= 15 is 0 Å². The molecule has 0 saturated heterocycles. The lowest BCUT2D eigenvalue weighted by Crippen LogP contribution is -2.46. The van der Waals surface area contributed by atoms with Crippen molar-refractivity contribution in [3.63, 3.8) is 0 Å². The Morgan fingerprint density at radius 1 is 1.24 bits per heavy atom. The van der Waals surface area contributed by atoms with Gasteiger partial charge in [-0.1, -0.05) is 0 Å². The third-order valence-corrected chi connectivity index (χ3v) is 1.94. The van der Waals surface area contributed by atoms with Gasteiger partial charge in [-0.2, -0.15) is 0 Å². The molecule has 7 nitrogen and oxygen atoms in total. The van der Waals surface area contributed by atoms with Gasteiger partial charge in [0.25, 0.3) is 5.91 Å². The molecule has 7 heteroatoms. The minimum absolute atomic E-state index is 0.100. The summed E-state index contributed by atoms with van der Waals surface area (Å²) in [6, 6.07) is 1.02. The van der Waals surface area contributed by atoms with Crippen LogP contribution >= 0.6 is 0 Å². The Bertz CT molecular complexity index is 440. The van der Waals surface area contributed by atoms with Crippen molar-refractivity contribution in [2.24, 2.45) is 0 Å². The highest BCUT2D eigenvalue weighted by Gasteiger charge is 2.27. The van der Waals surface area contributed by atoms with Gasteiger partial charge in [0.1, 0.15) is 0 Å². The lowest BCUT2D eigenvalue weighted by Gasteiger charge is -2.09. The van der Waals surface area contributed by atoms with Gasteiger partial charge in [-0.25, -0.2) is 9.59 Å². The highest BCUT2D eigenvalue weighted by atomic mass is 16.4. The predicted octanol–water partition coefficient (Wildman–Crippen LogP) is -0.342. The molecule has 1 aromatic heterocycles. The molecule has 0 atom stereocenters. The standard InChI is InChI=1S/C10H10N2O5/c1-5-2-3-6(4-11-5)8(13)12-7(9(14)15)10(16)17/h2-4,7H,1H3,(H,12,13)(H,14,15)(H,16,17). The topological polar surface area (TPSA) is 117 Å². The number of carbonyl (C=O) groups is 3. The first-order valence-electron chi connectivity index (χ1n) is 4.61. The summed E-state index contributed by atoms with van der Waals surface area (Å²) in [7, 11) is 0. The van der Waals surface area contributed by atoms with Gasteiger partial charge in [0, 0.05) is 11.9 Å². The van der Waals surface area contributed by atoms with Crippen LogP contribution in [0.15, 0.2) is 18.3 Å². The summed E-state index contributed by atoms with van der Waals surface area (Å²) < 4.78 is 0. The minimum Gasteiger partial charge on any atom is -0.479 e. The number of carbonyl (C=O) groups excluding carboxylic acids is 1. The van der Waals surface area contributed by atoms with Gasteiger partial charge < -0.3 is 15.5 Å². The maximum Gasteiger partial charge on any atom is 0.338 e. The third kappa shape index (κ3) is 3.26. The molecule has 0 unspecified atom stereocenters. The molecule has 1 heterocycles. The van der Waals surface area contributed by atoms with Gasteiger partial charge in [-0.15, -0.1) is 0 Å². The molecule has 90 valence electrons. The van der Waals surface area contributed by atoms with Gasteiger partial charge in [-0.05, 0) is 19.1 Å². The fraction of sp³-hybridized carbons (Fsp3) is 0.200. The van der Waals surface area contributed by atoms with Gasteiger partial charge in [-0.3, -0.25) is 9.78 Å². The monoisotopic (exact) mass is 238 g/mol. The molecule has 0 aliphatic heterocycles. The van der Waals surface area contributed by atoms with Crippen LogP contribution in [0.1, 0.15) is 16.1 Å². The number of hydrogen-bond acceptors (Lipinski definition) is 4. The maximum absolute atomic E-state index is 11.5. The van der Waals surface area contributed by atoms with Crippen LogP contribution in [0.5, 0.6) is 0 Å². The molecule has 1 aromatic rings. The van der Waals surface area contributed by atoms with Gasteiger partial charge in [0.05, 0.1) is 5.56 Å². The fourth-order valence-corrected chi connectivity index (χ4v) is 1.05. The van der Waals surface area contributed by atoms with Crippen LogP contribution < -0.4 is 5.32 Å². The average molecular weight is 238 g/mol. The van der Waals surface area contributed by atoms with Crippen LogP contribution in [0.4, 0.5) is 0 Å². The summed E-state index contributed by atoms with van der Waals surface area (Å²) in [6.45, 7) is 1.72. The number of nitrogens with one attached hydrogen (secondary N) is 1. The normalized spacial score (nSPS) is 10.0. The molecular formula is C10H10N2O5. The Morgan fingerprint density at radius 2 is 1.82 bits per heavy atom. The molecule has 0 aliphatic carbocycles. The number of aliphatic carboxylic acids is 2. The summed E-state index contributed by atoms with van der Waals surface area (Å²) in [5.74, 6) is -4.07. The van der Waals surface area contributed by atoms with Crippen molar-refractivity contribution in [3.8, 4) is 0 Å². The molecule has 0 bridgehead atoms. The third-order valence-electron chi connectivity index (χ3n) is 1.94. The Balaban J connectivity index is 2.81. The summed E-state index contributed by atoms with van der Waals surface area (Å²) in [6.07, 6.45) is 1.24. The second kappa shape index (κ2) is 5.06. The minimum atomic E-state index is -1.97. The van der Waals surface area contributed by atoms with Crippen molar-refractivity contribution < 1.29 is 24.6 Å². The van der Waals surface area contributed by atoms with E-state index in [9.17, 15) is 14.4 Å². The second-order valence-corrected chi connectivity index (χ2v) is 3.27. The number of pyridine rings is 1. The quantitative estimate of drug-likeness (QED) is 0.618. The molecular weight excluding hydrogens is 228 g/mol. The average Bonchev–Trinajstić information content (AvgIpc) is 2.25. The molecule has 0 aromatic carbocycles. The van der Waals surface area contributed by atoms with E-state index in [4.69, 9.17) is 10.2 Å². The van der Waals surface area contributed by atoms with Crippen LogP contribution in [0.2, 0.25) is 0 Å². The Kier molecular flexibility index (Phi) is 3.76. The molecule has 1 rings (SSSR count). The zero-order chi connectivity index (χ0) is 13.0. The molecule has 1 amide bonds. The predicted molar refractivity (Wildman–Crippen MR) is 55.5 cm³/mol. The lowest BCUT2D eigenvalue weighted by atomic mass is 10.2. The van der Waals surface area contributed by atoms with Crippen molar-refractivity contribution in [1.82, 2.24) is 10.3 Å². The number of nitrogens with zero attached hydrogens (tertiary/aromatic N) is 1. The first-order chi connectivity index (χ1) is 7.91. The summed E-state index contributed by atoms with van der Waals surface area (Å²) >= 11 is 0. The van der Waals surface area contributed by atoms with Crippen molar-refractivity contribution in [2.75, 3.05) is 0 Å². The first kappa shape index (κ1) is 12.6. The number of hydrogen-bond donors (Lipinski definition) is 3. The Hall–Kier alpha value is -2.44. The van der Waals surface area contributed by atoms with Crippen LogP contribution in [0, 0.1) is 6.92 Å². The van der Waals surface area contributed by atoms with Crippen LogP contribution in [0.3, 0.4) is 0 Å². The zero-order valence-electron chi connectivity index (χ0n) is 8.88. The highest BCUT2D eigenvalue weighted by Crippen LogP contribution is 2.00. The van der Waals surface area contributed by atoms with E-state index in [2.05, 4.69) is 4.98 Å². The number of carboxylic acid groups (broad SMARTS) is 2. The van der Waals surface area contributed by atoms with Gasteiger partial charge in [0.2, 0.25) is 6.04 Å². The van der Waals surface area contributed by atoms with E-state index in [-0.39, 0.29) is 5.56 Å². The molecule has 17 heavy (non-hydrogen) atoms. The SMILES string of the molecule is Cc1ccc(C(=O)NC(C(=O)O)C(=O)O)cn1.